The number of H-pyrrole nitrogens is 1. The normalized spacial score (nSPS) is 14.3. The molecule has 1 aliphatic heterocycles. The molecule has 4 aromatic rings. The second-order valence-corrected chi connectivity index (χ2v) is 8.49. The van der Waals surface area contributed by atoms with Gasteiger partial charge in [0.25, 0.3) is 5.56 Å². The summed E-state index contributed by atoms with van der Waals surface area (Å²) in [6, 6.07) is 10.1. The summed E-state index contributed by atoms with van der Waals surface area (Å²) in [5, 5.41) is 3.71. The molecule has 0 atom stereocenters. The van der Waals surface area contributed by atoms with Crippen LogP contribution in [0.2, 0.25) is 0 Å². The van der Waals surface area contributed by atoms with E-state index >= 15 is 0 Å². The van der Waals surface area contributed by atoms with Gasteiger partial charge in [-0.05, 0) is 55.8 Å². The SMILES string of the molecule is COc1cc2c(=O)[nH]c(Cc3ccc(-c4cc(F)cc(F)c4)nc3)nc2cc1OC1CCNCC1. The lowest BCUT2D eigenvalue weighted by Gasteiger charge is -2.24. The number of pyridine rings is 1. The van der Waals surface area contributed by atoms with Crippen molar-refractivity contribution in [3.05, 3.63) is 82.0 Å². The van der Waals surface area contributed by atoms with Gasteiger partial charge in [0, 0.05) is 30.3 Å². The number of nitrogens with one attached hydrogen (secondary N) is 2. The van der Waals surface area contributed by atoms with Crippen molar-refractivity contribution in [2.24, 2.45) is 0 Å². The van der Waals surface area contributed by atoms with Gasteiger partial charge in [0.05, 0.1) is 23.7 Å². The first-order valence-corrected chi connectivity index (χ1v) is 11.4. The number of aromatic nitrogens is 3. The van der Waals surface area contributed by atoms with Gasteiger partial charge in [-0.1, -0.05) is 6.07 Å². The van der Waals surface area contributed by atoms with Crippen molar-refractivity contribution >= 4 is 10.9 Å². The zero-order chi connectivity index (χ0) is 24.4. The van der Waals surface area contributed by atoms with Crippen LogP contribution in [0.25, 0.3) is 22.2 Å². The summed E-state index contributed by atoms with van der Waals surface area (Å²) >= 11 is 0. The van der Waals surface area contributed by atoms with Gasteiger partial charge >= 0.3 is 0 Å². The van der Waals surface area contributed by atoms with E-state index < -0.39 is 11.6 Å². The molecule has 0 saturated carbocycles. The van der Waals surface area contributed by atoms with Crippen LogP contribution >= 0.6 is 0 Å². The summed E-state index contributed by atoms with van der Waals surface area (Å²) in [4.78, 5) is 24.5. The highest BCUT2D eigenvalue weighted by atomic mass is 19.1. The smallest absolute Gasteiger partial charge is 0.258 e. The van der Waals surface area contributed by atoms with E-state index in [0.717, 1.165) is 37.6 Å². The van der Waals surface area contributed by atoms with Crippen molar-refractivity contribution < 1.29 is 18.3 Å². The Balaban J connectivity index is 1.41. The largest absolute Gasteiger partial charge is 0.493 e. The molecule has 1 saturated heterocycles. The van der Waals surface area contributed by atoms with Gasteiger partial charge in [-0.3, -0.25) is 9.78 Å². The molecule has 1 fully saturated rings. The van der Waals surface area contributed by atoms with E-state index in [9.17, 15) is 13.6 Å². The molecule has 0 amide bonds. The van der Waals surface area contributed by atoms with Crippen molar-refractivity contribution in [1.29, 1.82) is 0 Å². The van der Waals surface area contributed by atoms with Crippen LogP contribution < -0.4 is 20.3 Å². The Morgan fingerprint density at radius 1 is 1.03 bits per heavy atom. The fraction of sp³-hybridized carbons (Fsp3) is 0.269. The van der Waals surface area contributed by atoms with Crippen molar-refractivity contribution in [3.8, 4) is 22.8 Å². The zero-order valence-electron chi connectivity index (χ0n) is 19.1. The van der Waals surface area contributed by atoms with Gasteiger partial charge in [0.15, 0.2) is 11.5 Å². The van der Waals surface area contributed by atoms with E-state index in [1.165, 1.54) is 12.1 Å². The standard InChI is InChI=1S/C26H24F2N4O3/c1-34-23-12-20-22(13-24(23)35-19-4-6-29-7-5-19)31-25(32-26(20)33)8-15-2-3-21(30-14-15)16-9-17(27)11-18(28)10-16/h2-3,9-14,19,29H,4-8H2,1H3,(H,31,32,33). The maximum absolute atomic E-state index is 13.5. The Morgan fingerprint density at radius 3 is 2.49 bits per heavy atom. The molecule has 1 aliphatic rings. The van der Waals surface area contributed by atoms with Crippen molar-refractivity contribution in [3.63, 3.8) is 0 Å². The van der Waals surface area contributed by atoms with E-state index in [2.05, 4.69) is 20.3 Å². The Morgan fingerprint density at radius 2 is 1.80 bits per heavy atom. The molecule has 5 rings (SSSR count). The van der Waals surface area contributed by atoms with Crippen LogP contribution in [-0.2, 0) is 6.42 Å². The summed E-state index contributed by atoms with van der Waals surface area (Å²) in [7, 11) is 1.54. The van der Waals surface area contributed by atoms with Gasteiger partial charge in [0.2, 0.25) is 0 Å². The van der Waals surface area contributed by atoms with E-state index in [0.29, 0.717) is 45.9 Å². The van der Waals surface area contributed by atoms with Crippen molar-refractivity contribution in [2.75, 3.05) is 20.2 Å². The number of rotatable bonds is 6. The number of benzene rings is 2. The Kier molecular flexibility index (Phi) is 6.41. The number of halogens is 2. The lowest BCUT2D eigenvalue weighted by atomic mass is 10.1. The van der Waals surface area contributed by atoms with Gasteiger partial charge in [-0.25, -0.2) is 13.8 Å². The van der Waals surface area contributed by atoms with Crippen LogP contribution in [0.5, 0.6) is 11.5 Å². The highest BCUT2D eigenvalue weighted by molar-refractivity contribution is 5.81. The number of aromatic amines is 1. The first kappa shape index (κ1) is 22.9. The zero-order valence-corrected chi connectivity index (χ0v) is 19.1. The summed E-state index contributed by atoms with van der Waals surface area (Å²) in [5.74, 6) is 0.189. The molecule has 0 radical (unpaired) electrons. The monoisotopic (exact) mass is 478 g/mol. The molecule has 35 heavy (non-hydrogen) atoms. The third-order valence-electron chi connectivity index (χ3n) is 5.97. The molecular weight excluding hydrogens is 454 g/mol. The van der Waals surface area contributed by atoms with E-state index in [-0.39, 0.29) is 11.7 Å². The van der Waals surface area contributed by atoms with E-state index in [1.54, 1.807) is 37.6 Å². The molecule has 0 aliphatic carbocycles. The van der Waals surface area contributed by atoms with Crippen molar-refractivity contribution in [1.82, 2.24) is 20.3 Å². The van der Waals surface area contributed by atoms with Crippen LogP contribution in [0.4, 0.5) is 8.78 Å². The molecule has 0 bridgehead atoms. The summed E-state index contributed by atoms with van der Waals surface area (Å²) in [6.07, 6.45) is 3.77. The summed E-state index contributed by atoms with van der Waals surface area (Å²) in [6.45, 7) is 1.78. The Hall–Kier alpha value is -3.85. The molecule has 0 spiro atoms. The van der Waals surface area contributed by atoms with Crippen LogP contribution in [0.3, 0.4) is 0 Å². The number of methoxy groups -OCH3 is 1. The maximum Gasteiger partial charge on any atom is 0.258 e. The van der Waals surface area contributed by atoms with Gasteiger partial charge in [-0.2, -0.15) is 0 Å². The number of hydrogen-bond donors (Lipinski definition) is 2. The third-order valence-corrected chi connectivity index (χ3v) is 5.97. The van der Waals surface area contributed by atoms with Crippen LogP contribution in [-0.4, -0.2) is 41.3 Å². The average Bonchev–Trinajstić information content (AvgIpc) is 2.84. The first-order valence-electron chi connectivity index (χ1n) is 11.4. The maximum atomic E-state index is 13.5. The van der Waals surface area contributed by atoms with Gasteiger partial charge in [-0.15, -0.1) is 0 Å². The topological polar surface area (TPSA) is 89.1 Å². The fourth-order valence-corrected chi connectivity index (χ4v) is 4.22. The van der Waals surface area contributed by atoms with E-state index in [4.69, 9.17) is 9.47 Å². The quantitative estimate of drug-likeness (QED) is 0.436. The fourth-order valence-electron chi connectivity index (χ4n) is 4.22. The predicted molar refractivity (Wildman–Crippen MR) is 128 cm³/mol. The molecular formula is C26H24F2N4O3. The minimum Gasteiger partial charge on any atom is -0.493 e. The third kappa shape index (κ3) is 5.14. The first-order chi connectivity index (χ1) is 17.0. The number of nitrogens with zero attached hydrogens (tertiary/aromatic N) is 2. The second kappa shape index (κ2) is 9.79. The number of hydrogen-bond acceptors (Lipinski definition) is 6. The number of ether oxygens (including phenoxy) is 2. The molecule has 9 heteroatoms. The summed E-state index contributed by atoms with van der Waals surface area (Å²) in [5.41, 5.74) is 1.80. The van der Waals surface area contributed by atoms with E-state index in [1.807, 2.05) is 0 Å². The Labute approximate surface area is 200 Å². The minimum absolute atomic E-state index is 0.0696. The minimum atomic E-state index is -0.663. The van der Waals surface area contributed by atoms with Crippen LogP contribution in [0, 0.1) is 11.6 Å². The molecule has 180 valence electrons. The van der Waals surface area contributed by atoms with Crippen LogP contribution in [0.1, 0.15) is 24.2 Å². The van der Waals surface area contributed by atoms with Gasteiger partial charge < -0.3 is 19.8 Å². The predicted octanol–water partition coefficient (Wildman–Crippen LogP) is 3.99. The lowest BCUT2D eigenvalue weighted by Crippen LogP contribution is -2.34. The number of fused-ring (bicyclic) bond motifs is 1. The number of piperidine rings is 1. The van der Waals surface area contributed by atoms with Crippen LogP contribution in [0.15, 0.2) is 53.5 Å². The molecule has 2 N–H and O–H groups in total. The van der Waals surface area contributed by atoms with Crippen molar-refractivity contribution in [2.45, 2.75) is 25.4 Å². The highest BCUT2D eigenvalue weighted by Crippen LogP contribution is 2.32. The molecule has 2 aromatic heterocycles. The molecule has 2 aromatic carbocycles. The Bertz CT molecular complexity index is 1400. The highest BCUT2D eigenvalue weighted by Gasteiger charge is 2.18. The summed E-state index contributed by atoms with van der Waals surface area (Å²) < 4.78 is 38.7. The average molecular weight is 478 g/mol. The molecule has 0 unspecified atom stereocenters. The molecule has 3 heterocycles. The second-order valence-electron chi connectivity index (χ2n) is 8.49. The molecule has 7 nitrogen and oxygen atoms in total. The lowest BCUT2D eigenvalue weighted by molar-refractivity contribution is 0.157. The van der Waals surface area contributed by atoms with Gasteiger partial charge in [0.1, 0.15) is 23.6 Å².